The lowest BCUT2D eigenvalue weighted by atomic mass is 10.4. The van der Waals surface area contributed by atoms with Crippen LogP contribution in [-0.2, 0) is 0 Å². The van der Waals surface area contributed by atoms with E-state index in [4.69, 9.17) is 5.11 Å². The fourth-order valence-electron chi connectivity index (χ4n) is 1.26. The highest BCUT2D eigenvalue weighted by Gasteiger charge is 1.92. The molecule has 0 radical (unpaired) electrons. The van der Waals surface area contributed by atoms with Gasteiger partial charge in [-0.2, -0.15) is 25.3 Å². The Kier molecular flexibility index (Phi) is 16.0. The first-order valence-corrected chi connectivity index (χ1v) is 7.68. The van der Waals surface area contributed by atoms with E-state index in [9.17, 15) is 0 Å². The molecule has 1 fully saturated rings. The lowest BCUT2D eigenvalue weighted by molar-refractivity contribution is 0.302. The number of hydrogen-bond donors (Lipinski definition) is 7. The molecule has 0 amide bonds. The number of aliphatic hydroxyl groups is 1. The predicted octanol–water partition coefficient (Wildman–Crippen LogP) is -1.43. The van der Waals surface area contributed by atoms with Crippen molar-refractivity contribution in [2.75, 3.05) is 64.7 Å². The van der Waals surface area contributed by atoms with Crippen LogP contribution in [0, 0.1) is 0 Å². The van der Waals surface area contributed by atoms with Gasteiger partial charge in [0, 0.05) is 63.4 Å². The van der Waals surface area contributed by atoms with E-state index in [1.807, 2.05) is 0 Å². The van der Waals surface area contributed by atoms with Crippen LogP contribution in [0.25, 0.3) is 0 Å². The topological polar surface area (TPSA) is 68.3 Å². The van der Waals surface area contributed by atoms with Crippen molar-refractivity contribution in [3.8, 4) is 0 Å². The lowest BCUT2D eigenvalue weighted by Crippen LogP contribution is -2.39. The summed E-state index contributed by atoms with van der Waals surface area (Å²) in [6.45, 7) is 8.69. The first-order valence-electron chi connectivity index (χ1n) is 6.54. The van der Waals surface area contributed by atoms with E-state index in [2.05, 4.69) is 46.5 Å². The molecule has 18 heavy (non-hydrogen) atoms. The molecule has 7 heteroatoms. The maximum absolute atomic E-state index is 8.21. The van der Waals surface area contributed by atoms with Crippen LogP contribution in [0.1, 0.15) is 0 Å². The second-order valence-electron chi connectivity index (χ2n) is 4.02. The second kappa shape index (κ2) is 15.6. The molecule has 1 aliphatic rings. The number of rotatable bonds is 2. The number of nitrogens with one attached hydrogen (secondary N) is 4. The Labute approximate surface area is 122 Å². The largest absolute Gasteiger partial charge is 0.395 e. The van der Waals surface area contributed by atoms with Crippen molar-refractivity contribution in [1.29, 1.82) is 0 Å². The molecule has 1 rings (SSSR count). The predicted molar refractivity (Wildman–Crippen MR) is 85.2 cm³/mol. The Morgan fingerprint density at radius 3 is 1.17 bits per heavy atom. The molecule has 0 aromatic carbocycles. The third kappa shape index (κ3) is 14.6. The maximum atomic E-state index is 8.21. The van der Waals surface area contributed by atoms with Gasteiger partial charge in [0.2, 0.25) is 0 Å². The smallest absolute Gasteiger partial charge is 0.0555 e. The summed E-state index contributed by atoms with van der Waals surface area (Å²) in [6, 6.07) is 0. The summed E-state index contributed by atoms with van der Waals surface area (Å²) in [5.41, 5.74) is 0. The van der Waals surface area contributed by atoms with Gasteiger partial charge in [-0.25, -0.2) is 0 Å². The van der Waals surface area contributed by atoms with E-state index < -0.39 is 0 Å². The van der Waals surface area contributed by atoms with Gasteiger partial charge in [-0.1, -0.05) is 0 Å². The van der Waals surface area contributed by atoms with E-state index in [0.717, 1.165) is 52.4 Å². The molecule has 0 aromatic rings. The minimum Gasteiger partial charge on any atom is -0.395 e. The Bertz CT molecular complexity index is 119. The van der Waals surface area contributed by atoms with Crippen molar-refractivity contribution >= 4 is 25.3 Å². The van der Waals surface area contributed by atoms with Gasteiger partial charge < -0.3 is 26.4 Å². The summed E-state index contributed by atoms with van der Waals surface area (Å²) in [5, 5.41) is 21.7. The van der Waals surface area contributed by atoms with Gasteiger partial charge in [-0.05, 0) is 0 Å². The molecule has 0 saturated carbocycles. The first-order chi connectivity index (χ1) is 8.81. The van der Waals surface area contributed by atoms with Crippen LogP contribution in [0.3, 0.4) is 0 Å². The molecule has 1 saturated heterocycles. The van der Waals surface area contributed by atoms with Gasteiger partial charge in [0.05, 0.1) is 6.61 Å². The molecule has 5 N–H and O–H groups in total. The average Bonchev–Trinajstić information content (AvgIpc) is 2.39. The van der Waals surface area contributed by atoms with Crippen LogP contribution in [-0.4, -0.2) is 75.1 Å². The third-order valence-corrected chi connectivity index (χ3v) is 3.41. The van der Waals surface area contributed by atoms with Gasteiger partial charge >= 0.3 is 0 Å². The molecule has 0 aromatic heterocycles. The van der Waals surface area contributed by atoms with Gasteiger partial charge in [0.25, 0.3) is 0 Å². The molecule has 1 unspecified atom stereocenters. The molecule has 1 aliphatic heterocycles. The molecular weight excluding hydrogens is 268 g/mol. The molecular formula is C11H28N4OS2. The monoisotopic (exact) mass is 296 g/mol. The van der Waals surface area contributed by atoms with E-state index in [0.29, 0.717) is 5.75 Å². The quantitative estimate of drug-likeness (QED) is 0.318. The van der Waals surface area contributed by atoms with E-state index >= 15 is 0 Å². The van der Waals surface area contributed by atoms with Crippen LogP contribution in [0.15, 0.2) is 0 Å². The SMILES string of the molecule is C1CNCCNCCNCCN1.OCC(S)CS. The van der Waals surface area contributed by atoms with Crippen molar-refractivity contribution in [2.45, 2.75) is 5.25 Å². The summed E-state index contributed by atoms with van der Waals surface area (Å²) >= 11 is 7.76. The highest BCUT2D eigenvalue weighted by molar-refractivity contribution is 7.84. The highest BCUT2D eigenvalue weighted by Crippen LogP contribution is 1.93. The van der Waals surface area contributed by atoms with Gasteiger partial charge in [-0.3, -0.25) is 0 Å². The van der Waals surface area contributed by atoms with E-state index in [-0.39, 0.29) is 11.9 Å². The molecule has 0 aliphatic carbocycles. The van der Waals surface area contributed by atoms with Crippen LogP contribution < -0.4 is 21.3 Å². The van der Waals surface area contributed by atoms with Crippen molar-refractivity contribution in [3.05, 3.63) is 0 Å². The van der Waals surface area contributed by atoms with Crippen LogP contribution in [0.5, 0.6) is 0 Å². The zero-order chi connectivity index (χ0) is 13.5. The van der Waals surface area contributed by atoms with E-state index in [1.54, 1.807) is 0 Å². The number of thiol groups is 2. The Balaban J connectivity index is 0.000000411. The molecule has 0 bridgehead atoms. The summed E-state index contributed by atoms with van der Waals surface area (Å²) < 4.78 is 0. The average molecular weight is 297 g/mol. The van der Waals surface area contributed by atoms with Crippen molar-refractivity contribution in [1.82, 2.24) is 21.3 Å². The van der Waals surface area contributed by atoms with Crippen molar-refractivity contribution in [3.63, 3.8) is 0 Å². The van der Waals surface area contributed by atoms with Gasteiger partial charge in [-0.15, -0.1) is 0 Å². The van der Waals surface area contributed by atoms with Crippen LogP contribution in [0.4, 0.5) is 0 Å². The molecule has 5 nitrogen and oxygen atoms in total. The summed E-state index contributed by atoms with van der Waals surface area (Å²) in [4.78, 5) is 0. The molecule has 110 valence electrons. The third-order valence-electron chi connectivity index (χ3n) is 2.34. The molecule has 0 spiro atoms. The van der Waals surface area contributed by atoms with Gasteiger partial charge in [0.1, 0.15) is 0 Å². The summed E-state index contributed by atoms with van der Waals surface area (Å²) in [7, 11) is 0. The Hall–Kier alpha value is 0.500. The minimum atomic E-state index is 0.0494. The second-order valence-corrected chi connectivity index (χ2v) is 5.11. The fraction of sp³-hybridized carbons (Fsp3) is 1.00. The maximum Gasteiger partial charge on any atom is 0.0555 e. The molecule has 1 atom stereocenters. The molecule has 1 heterocycles. The lowest BCUT2D eigenvalue weighted by Gasteiger charge is -2.11. The van der Waals surface area contributed by atoms with Crippen LogP contribution >= 0.6 is 25.3 Å². The number of aliphatic hydroxyl groups excluding tert-OH is 1. The van der Waals surface area contributed by atoms with E-state index in [1.165, 1.54) is 0 Å². The number of hydrogen-bond acceptors (Lipinski definition) is 7. The zero-order valence-corrected chi connectivity index (χ0v) is 12.8. The normalized spacial score (nSPS) is 20.8. The summed E-state index contributed by atoms with van der Waals surface area (Å²) in [5.74, 6) is 0.639. The minimum absolute atomic E-state index is 0.0494. The Morgan fingerprint density at radius 1 is 0.778 bits per heavy atom. The Morgan fingerprint density at radius 2 is 1.06 bits per heavy atom. The summed E-state index contributed by atoms with van der Waals surface area (Å²) in [6.07, 6.45) is 0. The van der Waals surface area contributed by atoms with Crippen molar-refractivity contribution in [2.24, 2.45) is 0 Å². The fourth-order valence-corrected chi connectivity index (χ4v) is 1.38. The zero-order valence-electron chi connectivity index (χ0n) is 11.0. The van der Waals surface area contributed by atoms with Crippen molar-refractivity contribution < 1.29 is 5.11 Å². The van der Waals surface area contributed by atoms with Gasteiger partial charge in [0.15, 0.2) is 0 Å². The first kappa shape index (κ1) is 18.5. The van der Waals surface area contributed by atoms with Crippen LogP contribution in [0.2, 0.25) is 0 Å². The highest BCUT2D eigenvalue weighted by atomic mass is 32.1. The standard InChI is InChI=1S/C8H20N4.C3H8OS2/c1-2-10-5-6-12-8-7-11-4-3-9-1;4-1-3(6)2-5/h9-12H,1-8H2;3-6H,1-2H2.